The lowest BCUT2D eigenvalue weighted by atomic mass is 9.97. The van der Waals surface area contributed by atoms with E-state index in [0.29, 0.717) is 11.2 Å². The standard InChI is InChI=1S/C17H20ClNS/c1-12(2)17(16(19)13-7-4-3-5-8-13)20-15-10-6-9-14(18)11-15/h3-12,16-17H,19H2,1-2H3. The van der Waals surface area contributed by atoms with Crippen LogP contribution >= 0.6 is 23.4 Å². The van der Waals surface area contributed by atoms with Crippen LogP contribution < -0.4 is 5.73 Å². The molecule has 0 fully saturated rings. The van der Waals surface area contributed by atoms with Crippen LogP contribution in [0.5, 0.6) is 0 Å². The fraction of sp³-hybridized carbons (Fsp3) is 0.294. The Hall–Kier alpha value is -0.960. The summed E-state index contributed by atoms with van der Waals surface area (Å²) in [5.41, 5.74) is 7.65. The molecular weight excluding hydrogens is 286 g/mol. The molecule has 0 radical (unpaired) electrons. The molecule has 0 aliphatic heterocycles. The van der Waals surface area contributed by atoms with E-state index < -0.39 is 0 Å². The van der Waals surface area contributed by atoms with Crippen LogP contribution in [0.1, 0.15) is 25.5 Å². The summed E-state index contributed by atoms with van der Waals surface area (Å²) in [6, 6.07) is 18.3. The van der Waals surface area contributed by atoms with Gasteiger partial charge in [0, 0.05) is 21.2 Å². The van der Waals surface area contributed by atoms with Crippen LogP contribution in [0.25, 0.3) is 0 Å². The summed E-state index contributed by atoms with van der Waals surface area (Å²) >= 11 is 7.86. The Morgan fingerprint density at radius 1 is 1.00 bits per heavy atom. The maximum Gasteiger partial charge on any atom is 0.0421 e. The molecule has 2 unspecified atom stereocenters. The van der Waals surface area contributed by atoms with Gasteiger partial charge in [0.2, 0.25) is 0 Å². The van der Waals surface area contributed by atoms with E-state index in [9.17, 15) is 0 Å². The third-order valence-electron chi connectivity index (χ3n) is 3.26. The van der Waals surface area contributed by atoms with Crippen molar-refractivity contribution in [2.24, 2.45) is 11.7 Å². The molecule has 0 aromatic heterocycles. The van der Waals surface area contributed by atoms with Gasteiger partial charge in [-0.3, -0.25) is 0 Å². The number of hydrogen-bond acceptors (Lipinski definition) is 2. The summed E-state index contributed by atoms with van der Waals surface area (Å²) < 4.78 is 0. The Morgan fingerprint density at radius 2 is 1.70 bits per heavy atom. The van der Waals surface area contributed by atoms with E-state index in [2.05, 4.69) is 32.0 Å². The first-order valence-corrected chi connectivity index (χ1v) is 8.06. The van der Waals surface area contributed by atoms with Gasteiger partial charge in [-0.05, 0) is 29.7 Å². The summed E-state index contributed by atoms with van der Waals surface area (Å²) in [6.45, 7) is 4.43. The summed E-state index contributed by atoms with van der Waals surface area (Å²) in [5, 5.41) is 1.08. The first-order chi connectivity index (χ1) is 9.58. The molecule has 1 nitrogen and oxygen atoms in total. The number of nitrogens with two attached hydrogens (primary N) is 1. The van der Waals surface area contributed by atoms with E-state index in [4.69, 9.17) is 17.3 Å². The first-order valence-electron chi connectivity index (χ1n) is 6.80. The highest BCUT2D eigenvalue weighted by atomic mass is 35.5. The molecule has 0 saturated carbocycles. The average Bonchev–Trinajstić information content (AvgIpc) is 2.45. The van der Waals surface area contributed by atoms with E-state index >= 15 is 0 Å². The molecule has 0 heterocycles. The predicted octanol–water partition coefficient (Wildman–Crippen LogP) is 5.16. The monoisotopic (exact) mass is 305 g/mol. The molecule has 0 amide bonds. The first kappa shape index (κ1) is 15.4. The summed E-state index contributed by atoms with van der Waals surface area (Å²) in [5.74, 6) is 0.481. The van der Waals surface area contributed by atoms with Crippen molar-refractivity contribution >= 4 is 23.4 Å². The van der Waals surface area contributed by atoms with Crippen LogP contribution in [0, 0.1) is 5.92 Å². The zero-order valence-electron chi connectivity index (χ0n) is 11.8. The third-order valence-corrected chi connectivity index (χ3v) is 5.13. The average molecular weight is 306 g/mol. The van der Waals surface area contributed by atoms with Gasteiger partial charge in [-0.2, -0.15) is 0 Å². The SMILES string of the molecule is CC(C)C(Sc1cccc(Cl)c1)C(N)c1ccccc1. The second-order valence-electron chi connectivity index (χ2n) is 5.22. The molecule has 3 heteroatoms. The van der Waals surface area contributed by atoms with E-state index in [0.717, 1.165) is 5.02 Å². The minimum atomic E-state index is 0.0141. The Kier molecular flexibility index (Phi) is 5.53. The smallest absolute Gasteiger partial charge is 0.0421 e. The normalized spacial score (nSPS) is 14.2. The van der Waals surface area contributed by atoms with Crippen LogP contribution in [-0.4, -0.2) is 5.25 Å². The quantitative estimate of drug-likeness (QED) is 0.772. The molecule has 0 aliphatic rings. The highest BCUT2D eigenvalue weighted by molar-refractivity contribution is 8.00. The number of rotatable bonds is 5. The van der Waals surface area contributed by atoms with Crippen LogP contribution in [0.4, 0.5) is 0 Å². The second-order valence-corrected chi connectivity index (χ2v) is 6.91. The van der Waals surface area contributed by atoms with Gasteiger partial charge in [-0.25, -0.2) is 0 Å². The zero-order valence-corrected chi connectivity index (χ0v) is 13.4. The minimum absolute atomic E-state index is 0.0141. The van der Waals surface area contributed by atoms with Crippen molar-refractivity contribution in [2.45, 2.75) is 30.0 Å². The van der Waals surface area contributed by atoms with Gasteiger partial charge >= 0.3 is 0 Å². The molecule has 0 bridgehead atoms. The molecular formula is C17H20ClNS. The van der Waals surface area contributed by atoms with Crippen LogP contribution in [0.15, 0.2) is 59.5 Å². The molecule has 2 aromatic carbocycles. The van der Waals surface area contributed by atoms with E-state index in [1.807, 2.05) is 36.4 Å². The topological polar surface area (TPSA) is 26.0 Å². The van der Waals surface area contributed by atoms with Gasteiger partial charge in [0.15, 0.2) is 0 Å². The molecule has 2 N–H and O–H groups in total. The molecule has 0 spiro atoms. The van der Waals surface area contributed by atoms with E-state index in [-0.39, 0.29) is 6.04 Å². The molecule has 0 aliphatic carbocycles. The minimum Gasteiger partial charge on any atom is -0.323 e. The molecule has 20 heavy (non-hydrogen) atoms. The van der Waals surface area contributed by atoms with Gasteiger partial charge in [0.1, 0.15) is 0 Å². The maximum absolute atomic E-state index is 6.47. The van der Waals surface area contributed by atoms with Crippen LogP contribution in [0.2, 0.25) is 5.02 Å². The maximum atomic E-state index is 6.47. The van der Waals surface area contributed by atoms with Gasteiger partial charge in [-0.15, -0.1) is 11.8 Å². The third kappa shape index (κ3) is 4.02. The van der Waals surface area contributed by atoms with Crippen molar-refractivity contribution in [3.8, 4) is 0 Å². The Balaban J connectivity index is 2.19. The number of halogens is 1. The highest BCUT2D eigenvalue weighted by Gasteiger charge is 2.23. The second kappa shape index (κ2) is 7.16. The van der Waals surface area contributed by atoms with Crippen molar-refractivity contribution in [3.05, 3.63) is 65.2 Å². The number of thioether (sulfide) groups is 1. The number of hydrogen-bond donors (Lipinski definition) is 1. The summed E-state index contributed by atoms with van der Waals surface area (Å²) in [6.07, 6.45) is 0. The lowest BCUT2D eigenvalue weighted by molar-refractivity contribution is 0.527. The summed E-state index contributed by atoms with van der Waals surface area (Å²) in [7, 11) is 0. The lowest BCUT2D eigenvalue weighted by Crippen LogP contribution is -2.28. The predicted molar refractivity (Wildman–Crippen MR) is 89.3 cm³/mol. The fourth-order valence-electron chi connectivity index (χ4n) is 2.19. The van der Waals surface area contributed by atoms with Crippen LogP contribution in [-0.2, 0) is 0 Å². The number of benzene rings is 2. The van der Waals surface area contributed by atoms with E-state index in [1.54, 1.807) is 11.8 Å². The molecule has 2 rings (SSSR count). The Labute approximate surface area is 130 Å². The van der Waals surface area contributed by atoms with Crippen molar-refractivity contribution in [2.75, 3.05) is 0 Å². The molecule has 2 aromatic rings. The molecule has 2 atom stereocenters. The largest absolute Gasteiger partial charge is 0.323 e. The van der Waals surface area contributed by atoms with Crippen LogP contribution in [0.3, 0.4) is 0 Å². The van der Waals surface area contributed by atoms with Gasteiger partial charge in [0.25, 0.3) is 0 Å². The van der Waals surface area contributed by atoms with Gasteiger partial charge in [-0.1, -0.05) is 61.8 Å². The highest BCUT2D eigenvalue weighted by Crippen LogP contribution is 2.36. The van der Waals surface area contributed by atoms with Crippen molar-refractivity contribution < 1.29 is 0 Å². The Bertz CT molecular complexity index is 542. The van der Waals surface area contributed by atoms with E-state index in [1.165, 1.54) is 10.5 Å². The molecule has 0 saturated heterocycles. The summed E-state index contributed by atoms with van der Waals surface area (Å²) in [4.78, 5) is 1.17. The fourth-order valence-corrected chi connectivity index (χ4v) is 3.68. The van der Waals surface area contributed by atoms with Crippen molar-refractivity contribution in [1.29, 1.82) is 0 Å². The van der Waals surface area contributed by atoms with Gasteiger partial charge in [0.05, 0.1) is 0 Å². The Morgan fingerprint density at radius 3 is 2.30 bits per heavy atom. The lowest BCUT2D eigenvalue weighted by Gasteiger charge is -2.27. The van der Waals surface area contributed by atoms with Gasteiger partial charge < -0.3 is 5.73 Å². The zero-order chi connectivity index (χ0) is 14.5. The van der Waals surface area contributed by atoms with Crippen molar-refractivity contribution in [3.63, 3.8) is 0 Å². The molecule has 106 valence electrons. The van der Waals surface area contributed by atoms with Crippen molar-refractivity contribution in [1.82, 2.24) is 0 Å².